The molecule has 2 aromatic heterocycles. The molecular weight excluding hydrogens is 423 g/mol. The van der Waals surface area contributed by atoms with E-state index in [9.17, 15) is 23.1 Å². The standard InChI is InChI=1S/C19H18F3N3O4S/c1-10-13(8-14(29-10)11-5-4-6-12(7-11)28-3)16(26)24-17-23-15(25-30-17)9-18(2,27)19(20,21)22/h4-8,27H,9H2,1-3H3,(H,23,24,25,26). The number of nitrogens with zero attached hydrogens (tertiary/aromatic N) is 2. The predicted octanol–water partition coefficient (Wildman–Crippen LogP) is 4.22. The van der Waals surface area contributed by atoms with Gasteiger partial charge in [0.05, 0.1) is 12.7 Å². The molecule has 0 bridgehead atoms. The lowest BCUT2D eigenvalue weighted by Gasteiger charge is -2.24. The van der Waals surface area contributed by atoms with Crippen molar-refractivity contribution in [3.05, 3.63) is 47.5 Å². The van der Waals surface area contributed by atoms with Gasteiger partial charge in [-0.2, -0.15) is 17.5 Å². The largest absolute Gasteiger partial charge is 0.497 e. The Balaban J connectivity index is 1.74. The van der Waals surface area contributed by atoms with Crippen molar-refractivity contribution in [1.29, 1.82) is 0 Å². The summed E-state index contributed by atoms with van der Waals surface area (Å²) in [6.07, 6.45) is -5.65. The fourth-order valence-corrected chi connectivity index (χ4v) is 3.16. The molecule has 0 spiro atoms. The average molecular weight is 441 g/mol. The van der Waals surface area contributed by atoms with E-state index in [1.165, 1.54) is 7.11 Å². The lowest BCUT2D eigenvalue weighted by atomic mass is 10.0. The molecule has 30 heavy (non-hydrogen) atoms. The van der Waals surface area contributed by atoms with Crippen molar-refractivity contribution in [2.24, 2.45) is 0 Å². The number of alkyl halides is 3. The van der Waals surface area contributed by atoms with Crippen LogP contribution < -0.4 is 10.1 Å². The third-order valence-corrected chi connectivity index (χ3v) is 4.99. The minimum atomic E-state index is -4.83. The molecule has 2 N–H and O–H groups in total. The zero-order valence-electron chi connectivity index (χ0n) is 16.2. The highest BCUT2D eigenvalue weighted by molar-refractivity contribution is 7.09. The number of ether oxygens (including phenoxy) is 1. The molecule has 11 heteroatoms. The molecule has 0 saturated carbocycles. The molecule has 1 atom stereocenters. The molecule has 1 amide bonds. The number of anilines is 1. The van der Waals surface area contributed by atoms with Crippen LogP contribution in [-0.2, 0) is 6.42 Å². The molecule has 0 aliphatic carbocycles. The number of hydrogen-bond donors (Lipinski definition) is 2. The Bertz CT molecular complexity index is 1060. The van der Waals surface area contributed by atoms with Crippen LogP contribution in [0, 0.1) is 6.92 Å². The maximum Gasteiger partial charge on any atom is 0.417 e. The summed E-state index contributed by atoms with van der Waals surface area (Å²) >= 11 is 0.719. The van der Waals surface area contributed by atoms with Gasteiger partial charge < -0.3 is 14.3 Å². The molecule has 7 nitrogen and oxygen atoms in total. The van der Waals surface area contributed by atoms with Crippen molar-refractivity contribution in [3.8, 4) is 17.1 Å². The fraction of sp³-hybridized carbons (Fsp3) is 0.316. The van der Waals surface area contributed by atoms with E-state index in [1.807, 2.05) is 0 Å². The van der Waals surface area contributed by atoms with Gasteiger partial charge in [-0.15, -0.1) is 0 Å². The van der Waals surface area contributed by atoms with Gasteiger partial charge in [0.1, 0.15) is 23.1 Å². The van der Waals surface area contributed by atoms with Gasteiger partial charge >= 0.3 is 6.18 Å². The van der Waals surface area contributed by atoms with Gasteiger partial charge in [-0.25, -0.2) is 4.98 Å². The van der Waals surface area contributed by atoms with E-state index in [2.05, 4.69) is 14.7 Å². The Labute approximate surface area is 173 Å². The lowest BCUT2D eigenvalue weighted by Crippen LogP contribution is -2.44. The zero-order chi connectivity index (χ0) is 22.1. The molecule has 0 aliphatic rings. The Hall–Kier alpha value is -2.92. The van der Waals surface area contributed by atoms with Crippen LogP contribution in [0.15, 0.2) is 34.7 Å². The quantitative estimate of drug-likeness (QED) is 0.594. The molecule has 0 radical (unpaired) electrons. The van der Waals surface area contributed by atoms with Crippen molar-refractivity contribution < 1.29 is 32.2 Å². The van der Waals surface area contributed by atoms with Crippen LogP contribution in [0.1, 0.15) is 28.9 Å². The summed E-state index contributed by atoms with van der Waals surface area (Å²) in [4.78, 5) is 16.4. The number of furan rings is 1. The monoisotopic (exact) mass is 441 g/mol. The maximum absolute atomic E-state index is 12.8. The van der Waals surface area contributed by atoms with Crippen LogP contribution in [-0.4, -0.2) is 39.3 Å². The van der Waals surface area contributed by atoms with Gasteiger partial charge in [0.25, 0.3) is 5.91 Å². The van der Waals surface area contributed by atoms with E-state index in [-0.39, 0.29) is 16.5 Å². The van der Waals surface area contributed by atoms with Crippen LogP contribution in [0.3, 0.4) is 0 Å². The number of methoxy groups -OCH3 is 1. The number of carbonyl (C=O) groups is 1. The Morgan fingerprint density at radius 1 is 1.33 bits per heavy atom. The number of nitrogens with one attached hydrogen (secondary N) is 1. The van der Waals surface area contributed by atoms with E-state index in [0.29, 0.717) is 29.8 Å². The van der Waals surface area contributed by atoms with E-state index in [0.717, 1.165) is 11.5 Å². The van der Waals surface area contributed by atoms with Gasteiger partial charge in [-0.05, 0) is 32.0 Å². The van der Waals surface area contributed by atoms with Crippen molar-refractivity contribution >= 4 is 22.6 Å². The molecule has 2 heterocycles. The zero-order valence-corrected chi connectivity index (χ0v) is 17.0. The molecular formula is C19H18F3N3O4S. The van der Waals surface area contributed by atoms with Gasteiger partial charge in [-0.1, -0.05) is 12.1 Å². The molecule has 0 saturated heterocycles. The van der Waals surface area contributed by atoms with E-state index in [1.54, 1.807) is 37.3 Å². The summed E-state index contributed by atoms with van der Waals surface area (Å²) in [5.41, 5.74) is -2.02. The van der Waals surface area contributed by atoms with E-state index in [4.69, 9.17) is 9.15 Å². The molecule has 0 fully saturated rings. The molecule has 3 aromatic rings. The van der Waals surface area contributed by atoms with E-state index >= 15 is 0 Å². The minimum Gasteiger partial charge on any atom is -0.497 e. The molecule has 3 rings (SSSR count). The molecule has 160 valence electrons. The maximum atomic E-state index is 12.8. The topological polar surface area (TPSA) is 97.5 Å². The SMILES string of the molecule is COc1cccc(-c2cc(C(=O)Nc3nc(CC(C)(O)C(F)(F)F)ns3)c(C)o2)c1. The number of aliphatic hydroxyl groups is 1. The summed E-state index contributed by atoms with van der Waals surface area (Å²) in [6.45, 7) is 2.26. The summed E-state index contributed by atoms with van der Waals surface area (Å²) in [6, 6.07) is 8.66. The number of hydrogen-bond acceptors (Lipinski definition) is 7. The van der Waals surface area contributed by atoms with Crippen molar-refractivity contribution in [1.82, 2.24) is 9.36 Å². The smallest absolute Gasteiger partial charge is 0.417 e. The third-order valence-electron chi connectivity index (χ3n) is 4.32. The summed E-state index contributed by atoms with van der Waals surface area (Å²) in [5.74, 6) is 0.670. The number of amides is 1. The number of rotatable bonds is 6. The first-order valence-corrected chi connectivity index (χ1v) is 9.45. The third kappa shape index (κ3) is 4.62. The van der Waals surface area contributed by atoms with Crippen molar-refractivity contribution in [2.75, 3.05) is 12.4 Å². The number of benzene rings is 1. The van der Waals surface area contributed by atoms with Gasteiger partial charge in [-0.3, -0.25) is 10.1 Å². The highest BCUT2D eigenvalue weighted by Crippen LogP contribution is 2.33. The molecule has 1 aromatic carbocycles. The fourth-order valence-electron chi connectivity index (χ4n) is 2.58. The van der Waals surface area contributed by atoms with Crippen molar-refractivity contribution in [2.45, 2.75) is 32.0 Å². The average Bonchev–Trinajstić information content (AvgIpc) is 3.26. The number of aryl methyl sites for hydroxylation is 1. The molecule has 1 unspecified atom stereocenters. The Morgan fingerprint density at radius 2 is 2.07 bits per heavy atom. The van der Waals surface area contributed by atoms with Crippen LogP contribution in [0.5, 0.6) is 5.75 Å². The second-order valence-electron chi connectivity index (χ2n) is 6.73. The lowest BCUT2D eigenvalue weighted by molar-refractivity contribution is -0.252. The normalized spacial score (nSPS) is 13.7. The minimum absolute atomic E-state index is 0.0107. The van der Waals surface area contributed by atoms with Crippen molar-refractivity contribution in [3.63, 3.8) is 0 Å². The first-order valence-electron chi connectivity index (χ1n) is 8.68. The highest BCUT2D eigenvalue weighted by atomic mass is 32.1. The first-order chi connectivity index (χ1) is 14.0. The predicted molar refractivity (Wildman–Crippen MR) is 104 cm³/mol. The van der Waals surface area contributed by atoms with Gasteiger partial charge in [0.2, 0.25) is 5.13 Å². The number of aromatic nitrogens is 2. The summed E-state index contributed by atoms with van der Waals surface area (Å²) in [5, 5.41) is 12.0. The van der Waals surface area contributed by atoms with Gasteiger partial charge in [0.15, 0.2) is 5.60 Å². The van der Waals surface area contributed by atoms with Crippen LogP contribution in [0.2, 0.25) is 0 Å². The summed E-state index contributed by atoms with van der Waals surface area (Å²) < 4.78 is 53.0. The first kappa shape index (κ1) is 21.8. The summed E-state index contributed by atoms with van der Waals surface area (Å²) in [7, 11) is 1.54. The van der Waals surface area contributed by atoms with Crippen LogP contribution >= 0.6 is 11.5 Å². The highest BCUT2D eigenvalue weighted by Gasteiger charge is 2.50. The Kier molecular flexibility index (Phi) is 5.86. The number of carbonyl (C=O) groups excluding carboxylic acids is 1. The van der Waals surface area contributed by atoms with E-state index < -0.39 is 24.1 Å². The van der Waals surface area contributed by atoms with Crippen LogP contribution in [0.25, 0.3) is 11.3 Å². The Morgan fingerprint density at radius 3 is 2.73 bits per heavy atom. The number of halogens is 3. The second-order valence-corrected chi connectivity index (χ2v) is 7.48. The molecule has 0 aliphatic heterocycles. The second kappa shape index (κ2) is 8.07. The van der Waals surface area contributed by atoms with Crippen LogP contribution in [0.4, 0.5) is 18.3 Å². The van der Waals surface area contributed by atoms with Gasteiger partial charge in [0, 0.05) is 23.5 Å².